The third kappa shape index (κ3) is 3.78. The van der Waals surface area contributed by atoms with E-state index in [1.807, 2.05) is 25.1 Å². The monoisotopic (exact) mass is 395 g/mol. The molecule has 0 spiro atoms. The summed E-state index contributed by atoms with van der Waals surface area (Å²) < 4.78 is 25.6. The number of aryl methyl sites for hydroxylation is 1. The fourth-order valence-electron chi connectivity index (χ4n) is 3.01. The molecule has 0 saturated carbocycles. The zero-order valence-corrected chi connectivity index (χ0v) is 15.7. The van der Waals surface area contributed by atoms with E-state index in [0.717, 1.165) is 5.56 Å². The third-order valence-corrected chi connectivity index (χ3v) is 5.18. The smallest absolute Gasteiger partial charge is 0.240 e. The number of benzene rings is 2. The molecule has 28 heavy (non-hydrogen) atoms. The molecule has 1 atom stereocenters. The lowest BCUT2D eigenvalue weighted by Gasteiger charge is -2.17. The van der Waals surface area contributed by atoms with Crippen molar-refractivity contribution in [1.29, 1.82) is 5.26 Å². The van der Waals surface area contributed by atoms with E-state index >= 15 is 0 Å². The maximum Gasteiger partial charge on any atom is 0.240 e. The van der Waals surface area contributed by atoms with Gasteiger partial charge in [0, 0.05) is 6.20 Å². The molecule has 0 aliphatic heterocycles. The minimum absolute atomic E-state index is 0.167. The Morgan fingerprint density at radius 3 is 2.50 bits per heavy atom. The highest BCUT2D eigenvalue weighted by molar-refractivity contribution is 7.89. The summed E-state index contributed by atoms with van der Waals surface area (Å²) in [5.41, 5.74) is 8.01. The number of carbonyl (C=O) groups excluding carboxylic acids is 1. The molecule has 4 N–H and O–H groups in total. The first kappa shape index (κ1) is 19.3. The van der Waals surface area contributed by atoms with Gasteiger partial charge in [-0.25, -0.2) is 18.2 Å². The van der Waals surface area contributed by atoms with Gasteiger partial charge in [-0.15, -0.1) is 0 Å². The van der Waals surface area contributed by atoms with Crippen molar-refractivity contribution >= 4 is 15.9 Å². The molecule has 9 heteroatoms. The Hall–Kier alpha value is -3.48. The average Bonchev–Trinajstić information content (AvgIpc) is 3.10. The molecule has 0 fully saturated rings. The van der Waals surface area contributed by atoms with Crippen LogP contribution >= 0.6 is 0 Å². The maximum absolute atomic E-state index is 12.2. The average molecular weight is 395 g/mol. The second-order valence-corrected chi connectivity index (χ2v) is 7.84. The lowest BCUT2D eigenvalue weighted by Crippen LogP contribution is -2.23. The Balaban J connectivity index is 2.20. The van der Waals surface area contributed by atoms with Crippen LogP contribution in [-0.2, 0) is 14.8 Å². The molecule has 1 unspecified atom stereocenters. The van der Waals surface area contributed by atoms with Gasteiger partial charge in [-0.3, -0.25) is 4.79 Å². The summed E-state index contributed by atoms with van der Waals surface area (Å²) in [7, 11) is -4.15. The first-order chi connectivity index (χ1) is 13.2. The number of nitrogens with two attached hydrogens (primary N) is 2. The van der Waals surface area contributed by atoms with Gasteiger partial charge in [0.05, 0.1) is 23.4 Å². The Morgan fingerprint density at radius 1 is 1.21 bits per heavy atom. The lowest BCUT2D eigenvalue weighted by molar-refractivity contribution is -0.118. The largest absolute Gasteiger partial charge is 0.369 e. The number of nitrogens with zero attached hydrogens (tertiary/aromatic N) is 3. The number of hydrogen-bond donors (Lipinski definition) is 2. The van der Waals surface area contributed by atoms with Crippen LogP contribution in [0, 0.1) is 18.3 Å². The van der Waals surface area contributed by atoms with Gasteiger partial charge < -0.3 is 5.73 Å². The number of hydrogen-bond acceptors (Lipinski definition) is 5. The molecule has 142 valence electrons. The van der Waals surface area contributed by atoms with Crippen LogP contribution in [0.1, 0.15) is 28.2 Å². The number of rotatable bonds is 5. The van der Waals surface area contributed by atoms with Crippen LogP contribution in [0.5, 0.6) is 0 Å². The van der Waals surface area contributed by atoms with Crippen LogP contribution in [-0.4, -0.2) is 24.1 Å². The number of nitriles is 1. The second kappa shape index (κ2) is 7.26. The minimum atomic E-state index is -4.15. The minimum Gasteiger partial charge on any atom is -0.369 e. The number of aromatic nitrogens is 2. The van der Waals surface area contributed by atoms with E-state index in [1.165, 1.54) is 29.2 Å². The fraction of sp³-hybridized carbons (Fsp3) is 0.105. The van der Waals surface area contributed by atoms with E-state index in [4.69, 9.17) is 16.1 Å². The summed E-state index contributed by atoms with van der Waals surface area (Å²) >= 11 is 0. The molecular weight excluding hydrogens is 378 g/mol. The summed E-state index contributed by atoms with van der Waals surface area (Å²) in [5, 5.41) is 18.3. The fourth-order valence-corrected chi connectivity index (χ4v) is 3.76. The van der Waals surface area contributed by atoms with Gasteiger partial charge in [0.2, 0.25) is 15.9 Å². The highest BCUT2D eigenvalue weighted by Gasteiger charge is 2.24. The van der Waals surface area contributed by atoms with E-state index in [2.05, 4.69) is 5.10 Å². The molecule has 8 nitrogen and oxygen atoms in total. The summed E-state index contributed by atoms with van der Waals surface area (Å²) in [4.78, 5) is 11.9. The summed E-state index contributed by atoms with van der Waals surface area (Å²) in [5.74, 6) is -1.47. The van der Waals surface area contributed by atoms with Crippen LogP contribution in [0.25, 0.3) is 5.69 Å². The first-order valence-corrected chi connectivity index (χ1v) is 9.73. The molecule has 1 heterocycles. The van der Waals surface area contributed by atoms with Crippen molar-refractivity contribution in [2.24, 2.45) is 10.9 Å². The molecule has 1 amide bonds. The number of primary amides is 1. The number of sulfonamides is 1. The third-order valence-electron chi connectivity index (χ3n) is 4.24. The Kier molecular flexibility index (Phi) is 5.00. The Labute approximate surface area is 162 Å². The van der Waals surface area contributed by atoms with Crippen LogP contribution < -0.4 is 10.9 Å². The maximum atomic E-state index is 12.2. The zero-order valence-electron chi connectivity index (χ0n) is 14.9. The van der Waals surface area contributed by atoms with Gasteiger partial charge in [0.1, 0.15) is 11.0 Å². The molecule has 0 bridgehead atoms. The molecule has 0 saturated heterocycles. The molecule has 3 rings (SSSR count). The molecule has 1 aromatic heterocycles. The van der Waals surface area contributed by atoms with Crippen molar-refractivity contribution in [3.8, 4) is 11.8 Å². The van der Waals surface area contributed by atoms with Gasteiger partial charge in [-0.05, 0) is 30.2 Å². The van der Waals surface area contributed by atoms with Crippen LogP contribution in [0.4, 0.5) is 0 Å². The zero-order chi connectivity index (χ0) is 20.5. The predicted molar refractivity (Wildman–Crippen MR) is 102 cm³/mol. The van der Waals surface area contributed by atoms with E-state index in [0.29, 0.717) is 11.1 Å². The standard InChI is InChI=1S/C19H17N5O3S/c1-12-3-2-4-14(7-12)18(19(21)25)15-5-6-16(17(8-15)28(22,26)27)24-11-13(9-20)10-23-24/h2-8,10-11,18H,1H3,(H2,21,25)(H2,22,26,27). The summed E-state index contributed by atoms with van der Waals surface area (Å²) in [6.07, 6.45) is 2.69. The quantitative estimate of drug-likeness (QED) is 0.669. The van der Waals surface area contributed by atoms with Crippen LogP contribution in [0.3, 0.4) is 0 Å². The highest BCUT2D eigenvalue weighted by Crippen LogP contribution is 2.29. The van der Waals surface area contributed by atoms with Gasteiger partial charge in [0.25, 0.3) is 0 Å². The van der Waals surface area contributed by atoms with E-state index in [-0.39, 0.29) is 16.1 Å². The van der Waals surface area contributed by atoms with Gasteiger partial charge in [-0.1, -0.05) is 35.9 Å². The van der Waals surface area contributed by atoms with Crippen LogP contribution in [0.15, 0.2) is 59.8 Å². The number of amides is 1. The molecule has 0 aliphatic carbocycles. The number of primary sulfonamides is 1. The molecule has 2 aromatic carbocycles. The number of carbonyl (C=O) groups is 1. The topological polar surface area (TPSA) is 145 Å². The van der Waals surface area contributed by atoms with E-state index in [9.17, 15) is 13.2 Å². The van der Waals surface area contributed by atoms with Crippen molar-refractivity contribution in [2.75, 3.05) is 0 Å². The van der Waals surface area contributed by atoms with Gasteiger partial charge in [-0.2, -0.15) is 10.4 Å². The van der Waals surface area contributed by atoms with Crippen molar-refractivity contribution in [2.45, 2.75) is 17.7 Å². The highest BCUT2D eigenvalue weighted by atomic mass is 32.2. The second-order valence-electron chi connectivity index (χ2n) is 6.31. The Bertz CT molecular complexity index is 1210. The molecule has 3 aromatic rings. The van der Waals surface area contributed by atoms with Crippen molar-refractivity contribution in [3.63, 3.8) is 0 Å². The van der Waals surface area contributed by atoms with E-state index in [1.54, 1.807) is 18.2 Å². The molecule has 0 radical (unpaired) electrons. The van der Waals surface area contributed by atoms with Crippen molar-refractivity contribution in [1.82, 2.24) is 9.78 Å². The normalized spacial score (nSPS) is 12.3. The van der Waals surface area contributed by atoms with Crippen molar-refractivity contribution < 1.29 is 13.2 Å². The van der Waals surface area contributed by atoms with Gasteiger partial charge in [0.15, 0.2) is 0 Å². The van der Waals surface area contributed by atoms with E-state index < -0.39 is 21.8 Å². The van der Waals surface area contributed by atoms with Crippen molar-refractivity contribution in [3.05, 3.63) is 77.1 Å². The summed E-state index contributed by atoms with van der Waals surface area (Å²) in [6.45, 7) is 1.88. The molecule has 0 aliphatic rings. The first-order valence-electron chi connectivity index (χ1n) is 8.18. The lowest BCUT2D eigenvalue weighted by atomic mass is 9.90. The van der Waals surface area contributed by atoms with Crippen LogP contribution in [0.2, 0.25) is 0 Å². The summed E-state index contributed by atoms with van der Waals surface area (Å²) in [6, 6.07) is 13.5. The Morgan fingerprint density at radius 2 is 1.93 bits per heavy atom. The molecular formula is C19H17N5O3S. The SMILES string of the molecule is Cc1cccc(C(C(N)=O)c2ccc(-n3cc(C#N)cn3)c(S(N)(=O)=O)c2)c1. The predicted octanol–water partition coefficient (Wildman–Crippen LogP) is 1.32. The van der Waals surface area contributed by atoms with Gasteiger partial charge >= 0.3 is 0 Å².